The van der Waals surface area contributed by atoms with Gasteiger partial charge < -0.3 is 24.8 Å². The number of nitrogens with one attached hydrogen (secondary N) is 1. The third kappa shape index (κ3) is 7.46. The summed E-state index contributed by atoms with van der Waals surface area (Å²) in [6, 6.07) is 5.57. The SMILES string of the molecule is COc1cc(OC)cc(C(C)NCC(O)CP(=O)(O)CC2CCCCC2)c1. The van der Waals surface area contributed by atoms with E-state index in [4.69, 9.17) is 9.47 Å². The predicted octanol–water partition coefficient (Wildman–Crippen LogP) is 3.57. The second kappa shape index (κ2) is 10.5. The van der Waals surface area contributed by atoms with E-state index >= 15 is 0 Å². The molecule has 0 saturated heterocycles. The van der Waals surface area contributed by atoms with Gasteiger partial charge in [-0.25, -0.2) is 0 Å². The molecule has 3 atom stereocenters. The summed E-state index contributed by atoms with van der Waals surface area (Å²) in [5, 5.41) is 13.5. The molecule has 154 valence electrons. The van der Waals surface area contributed by atoms with Crippen LogP contribution in [0.2, 0.25) is 0 Å². The predicted molar refractivity (Wildman–Crippen MR) is 108 cm³/mol. The Bertz CT molecular complexity index is 611. The Balaban J connectivity index is 1.85. The average Bonchev–Trinajstić information content (AvgIpc) is 2.65. The molecule has 1 aliphatic rings. The van der Waals surface area contributed by atoms with Crippen LogP contribution >= 0.6 is 7.37 Å². The smallest absolute Gasteiger partial charge is 0.203 e. The van der Waals surface area contributed by atoms with E-state index < -0.39 is 13.5 Å². The van der Waals surface area contributed by atoms with Crippen LogP contribution in [0.5, 0.6) is 11.5 Å². The van der Waals surface area contributed by atoms with Crippen molar-refractivity contribution in [2.24, 2.45) is 5.92 Å². The lowest BCUT2D eigenvalue weighted by Crippen LogP contribution is -2.32. The molecule has 1 fully saturated rings. The van der Waals surface area contributed by atoms with Crippen molar-refractivity contribution >= 4 is 7.37 Å². The van der Waals surface area contributed by atoms with Crippen LogP contribution in [0.1, 0.15) is 50.6 Å². The van der Waals surface area contributed by atoms with Crippen LogP contribution in [0.15, 0.2) is 18.2 Å². The molecule has 7 heteroatoms. The second-order valence-electron chi connectivity index (χ2n) is 7.65. The molecule has 0 radical (unpaired) electrons. The Morgan fingerprint density at radius 1 is 1.15 bits per heavy atom. The average molecular weight is 399 g/mol. The van der Waals surface area contributed by atoms with Crippen LogP contribution in [0.4, 0.5) is 0 Å². The Kier molecular flexibility index (Phi) is 8.62. The second-order valence-corrected chi connectivity index (χ2v) is 10.1. The number of methoxy groups -OCH3 is 2. The van der Waals surface area contributed by atoms with Crippen molar-refractivity contribution in [3.05, 3.63) is 23.8 Å². The minimum atomic E-state index is -3.30. The first-order chi connectivity index (χ1) is 12.8. The molecule has 0 amide bonds. The summed E-state index contributed by atoms with van der Waals surface area (Å²) >= 11 is 0. The van der Waals surface area contributed by atoms with Crippen LogP contribution in [-0.2, 0) is 4.57 Å². The summed E-state index contributed by atoms with van der Waals surface area (Å²) in [7, 11) is -0.0991. The first kappa shape index (κ1) is 22.2. The van der Waals surface area contributed by atoms with Gasteiger partial charge in [-0.15, -0.1) is 0 Å². The maximum absolute atomic E-state index is 12.5. The van der Waals surface area contributed by atoms with Crippen molar-refractivity contribution in [2.45, 2.75) is 51.2 Å². The lowest BCUT2D eigenvalue weighted by Gasteiger charge is -2.25. The summed E-state index contributed by atoms with van der Waals surface area (Å²) < 4.78 is 23.1. The highest BCUT2D eigenvalue weighted by molar-refractivity contribution is 7.58. The standard InChI is InChI=1S/C20H34NO5P/c1-15(17-9-19(25-2)11-20(10-17)26-3)21-12-18(22)14-27(23,24)13-16-7-5-4-6-8-16/h9-11,15-16,18,21-22H,4-8,12-14H2,1-3H3,(H,23,24). The van der Waals surface area contributed by atoms with Gasteiger partial charge in [0, 0.05) is 24.8 Å². The number of benzene rings is 1. The first-order valence-electron chi connectivity index (χ1n) is 9.78. The number of aliphatic hydroxyl groups is 1. The minimum absolute atomic E-state index is 0.0509. The normalized spacial score (nSPS) is 19.9. The van der Waals surface area contributed by atoms with Crippen LogP contribution < -0.4 is 14.8 Å². The van der Waals surface area contributed by atoms with Gasteiger partial charge in [-0.3, -0.25) is 4.57 Å². The zero-order chi connectivity index (χ0) is 19.9. The maximum atomic E-state index is 12.5. The molecular weight excluding hydrogens is 365 g/mol. The third-order valence-electron chi connectivity index (χ3n) is 5.30. The van der Waals surface area contributed by atoms with E-state index in [1.165, 1.54) is 6.42 Å². The zero-order valence-corrected chi connectivity index (χ0v) is 17.6. The monoisotopic (exact) mass is 399 g/mol. The van der Waals surface area contributed by atoms with Gasteiger partial charge in [-0.1, -0.05) is 19.3 Å². The molecule has 2 rings (SSSR count). The maximum Gasteiger partial charge on any atom is 0.203 e. The largest absolute Gasteiger partial charge is 0.497 e. The summed E-state index contributed by atoms with van der Waals surface area (Å²) in [5.74, 6) is 1.73. The minimum Gasteiger partial charge on any atom is -0.497 e. The van der Waals surface area contributed by atoms with Crippen LogP contribution in [0.3, 0.4) is 0 Å². The fourth-order valence-electron chi connectivity index (χ4n) is 3.75. The van der Waals surface area contributed by atoms with E-state index in [9.17, 15) is 14.6 Å². The molecule has 3 N–H and O–H groups in total. The van der Waals surface area contributed by atoms with Gasteiger partial charge in [0.05, 0.1) is 26.5 Å². The molecule has 1 aliphatic carbocycles. The Morgan fingerprint density at radius 3 is 2.30 bits per heavy atom. The third-order valence-corrected chi connectivity index (χ3v) is 7.38. The van der Waals surface area contributed by atoms with Gasteiger partial charge >= 0.3 is 0 Å². The lowest BCUT2D eigenvalue weighted by atomic mass is 9.91. The molecule has 3 unspecified atom stereocenters. The summed E-state index contributed by atoms with van der Waals surface area (Å²) in [6.07, 6.45) is 5.04. The molecular formula is C20H34NO5P. The summed E-state index contributed by atoms with van der Waals surface area (Å²) in [5.41, 5.74) is 0.966. The molecule has 0 aromatic heterocycles. The molecule has 27 heavy (non-hydrogen) atoms. The summed E-state index contributed by atoms with van der Waals surface area (Å²) in [6.45, 7) is 2.23. The van der Waals surface area contributed by atoms with Gasteiger partial charge in [0.2, 0.25) is 7.37 Å². The van der Waals surface area contributed by atoms with E-state index in [1.807, 2.05) is 19.1 Å². The molecule has 1 saturated carbocycles. The Morgan fingerprint density at radius 2 is 1.74 bits per heavy atom. The summed E-state index contributed by atoms with van der Waals surface area (Å²) in [4.78, 5) is 10.3. The van der Waals surface area contributed by atoms with Gasteiger partial charge in [0.15, 0.2) is 0 Å². The molecule has 1 aromatic rings. The van der Waals surface area contributed by atoms with Crippen molar-refractivity contribution in [1.82, 2.24) is 5.32 Å². The van der Waals surface area contributed by atoms with E-state index in [0.29, 0.717) is 23.6 Å². The van der Waals surface area contributed by atoms with E-state index in [2.05, 4.69) is 5.32 Å². The van der Waals surface area contributed by atoms with Gasteiger partial charge in [0.1, 0.15) is 11.5 Å². The zero-order valence-electron chi connectivity index (χ0n) is 16.7. The molecule has 0 aliphatic heterocycles. The van der Waals surface area contributed by atoms with Crippen molar-refractivity contribution < 1.29 is 24.0 Å². The van der Waals surface area contributed by atoms with E-state index in [1.54, 1.807) is 20.3 Å². The van der Waals surface area contributed by atoms with Crippen molar-refractivity contribution in [3.8, 4) is 11.5 Å². The van der Waals surface area contributed by atoms with Gasteiger partial charge in [-0.2, -0.15) is 0 Å². The fourth-order valence-corrected chi connectivity index (χ4v) is 5.86. The number of ether oxygens (including phenoxy) is 2. The van der Waals surface area contributed by atoms with Crippen molar-refractivity contribution in [3.63, 3.8) is 0 Å². The first-order valence-corrected chi connectivity index (χ1v) is 11.8. The number of aliphatic hydroxyl groups excluding tert-OH is 1. The fraction of sp³-hybridized carbons (Fsp3) is 0.700. The Hall–Kier alpha value is -1.07. The molecule has 6 nitrogen and oxygen atoms in total. The topological polar surface area (TPSA) is 88.0 Å². The molecule has 0 heterocycles. The lowest BCUT2D eigenvalue weighted by molar-refractivity contribution is 0.186. The quantitative estimate of drug-likeness (QED) is 0.522. The molecule has 0 bridgehead atoms. The van der Waals surface area contributed by atoms with Crippen molar-refractivity contribution in [1.29, 1.82) is 0 Å². The van der Waals surface area contributed by atoms with E-state index in [-0.39, 0.29) is 18.7 Å². The highest BCUT2D eigenvalue weighted by Gasteiger charge is 2.28. The van der Waals surface area contributed by atoms with Gasteiger partial charge in [0.25, 0.3) is 0 Å². The number of rotatable bonds is 10. The van der Waals surface area contributed by atoms with Crippen LogP contribution in [0.25, 0.3) is 0 Å². The van der Waals surface area contributed by atoms with Crippen LogP contribution in [0, 0.1) is 5.92 Å². The highest BCUT2D eigenvalue weighted by Crippen LogP contribution is 2.45. The molecule has 0 spiro atoms. The Labute approximate surface area is 162 Å². The number of hydrogen-bond acceptors (Lipinski definition) is 5. The van der Waals surface area contributed by atoms with Gasteiger partial charge in [-0.05, 0) is 43.4 Å². The molecule has 1 aromatic carbocycles. The highest BCUT2D eigenvalue weighted by atomic mass is 31.2. The van der Waals surface area contributed by atoms with Crippen LogP contribution in [-0.4, -0.2) is 49.2 Å². The van der Waals surface area contributed by atoms with E-state index in [0.717, 1.165) is 31.2 Å². The number of hydrogen-bond donors (Lipinski definition) is 3. The van der Waals surface area contributed by atoms with Crippen molar-refractivity contribution in [2.75, 3.05) is 33.1 Å².